The summed E-state index contributed by atoms with van der Waals surface area (Å²) < 4.78 is 26.1. The fraction of sp³-hybridized carbons (Fsp3) is 0.222. The molecule has 0 aliphatic heterocycles. The summed E-state index contributed by atoms with van der Waals surface area (Å²) in [6.45, 7) is -3.15. The van der Waals surface area contributed by atoms with E-state index in [-0.39, 0.29) is 17.0 Å². The van der Waals surface area contributed by atoms with Crippen molar-refractivity contribution < 1.29 is 13.9 Å². The molecule has 0 unspecified atom stereocenters. The van der Waals surface area contributed by atoms with Crippen molar-refractivity contribution in [1.29, 1.82) is 0 Å². The Hall–Kier alpha value is -1.69. The molecule has 15 heavy (non-hydrogen) atoms. The zero-order chi connectivity index (χ0) is 11.0. The zero-order valence-corrected chi connectivity index (χ0v) is 7.69. The van der Waals surface area contributed by atoms with Gasteiger partial charge in [0.05, 0.1) is 12.1 Å². The van der Waals surface area contributed by atoms with Gasteiger partial charge in [0.25, 0.3) is 0 Å². The lowest BCUT2D eigenvalue weighted by atomic mass is 10.3. The summed E-state index contributed by atoms with van der Waals surface area (Å²) in [6, 6.07) is 2.83. The number of rotatable bonds is 2. The number of halogens is 2. The van der Waals surface area contributed by atoms with Gasteiger partial charge in [-0.25, -0.2) is 4.98 Å². The van der Waals surface area contributed by atoms with Crippen LogP contribution in [0.1, 0.15) is 12.2 Å². The molecule has 0 atom stereocenters. The first-order valence-corrected chi connectivity index (χ1v) is 4.28. The van der Waals surface area contributed by atoms with E-state index in [2.05, 4.69) is 4.98 Å². The summed E-state index contributed by atoms with van der Waals surface area (Å²) >= 11 is 0. The highest BCUT2D eigenvalue weighted by atomic mass is 19.3. The van der Waals surface area contributed by atoms with Crippen molar-refractivity contribution >= 4 is 16.7 Å². The molecule has 3 N–H and O–H groups in total. The zero-order valence-electron chi connectivity index (χ0n) is 7.69. The third-order valence-corrected chi connectivity index (χ3v) is 2.18. The van der Waals surface area contributed by atoms with Crippen molar-refractivity contribution in [2.24, 2.45) is 0 Å². The van der Waals surface area contributed by atoms with E-state index in [9.17, 15) is 8.78 Å². The molecule has 0 radical (unpaired) electrons. The largest absolute Gasteiger partial charge is 0.390 e. The summed E-state index contributed by atoms with van der Waals surface area (Å²) in [5, 5.41) is 9.47. The SMILES string of the molecule is Nc1cc2c(cn1)cc(CO)n2C(F)F. The highest BCUT2D eigenvalue weighted by Gasteiger charge is 2.15. The van der Waals surface area contributed by atoms with Gasteiger partial charge in [-0.1, -0.05) is 0 Å². The second kappa shape index (κ2) is 3.47. The average molecular weight is 213 g/mol. The number of nitrogens with two attached hydrogens (primary N) is 1. The van der Waals surface area contributed by atoms with Crippen molar-refractivity contribution in [2.75, 3.05) is 5.73 Å². The first-order chi connectivity index (χ1) is 7.13. The van der Waals surface area contributed by atoms with E-state index in [4.69, 9.17) is 10.8 Å². The van der Waals surface area contributed by atoms with Crippen LogP contribution in [0.25, 0.3) is 10.9 Å². The predicted octanol–water partition coefficient (Wildman–Crippen LogP) is 1.51. The number of nitrogens with zero attached hydrogens (tertiary/aromatic N) is 2. The number of pyridine rings is 1. The van der Waals surface area contributed by atoms with Gasteiger partial charge in [-0.3, -0.25) is 4.57 Å². The minimum absolute atomic E-state index is 0.146. The minimum atomic E-state index is -2.70. The second-order valence-corrected chi connectivity index (χ2v) is 3.11. The van der Waals surface area contributed by atoms with Crippen LogP contribution in [0.2, 0.25) is 0 Å². The van der Waals surface area contributed by atoms with Crippen molar-refractivity contribution in [3.8, 4) is 0 Å². The Kier molecular flexibility index (Phi) is 2.28. The number of fused-ring (bicyclic) bond motifs is 1. The van der Waals surface area contributed by atoms with Crippen LogP contribution in [0, 0.1) is 0 Å². The lowest BCUT2D eigenvalue weighted by molar-refractivity contribution is 0.0679. The van der Waals surface area contributed by atoms with E-state index in [1.165, 1.54) is 18.3 Å². The molecule has 2 heterocycles. The number of hydrogen-bond donors (Lipinski definition) is 2. The van der Waals surface area contributed by atoms with Gasteiger partial charge in [-0.2, -0.15) is 8.78 Å². The van der Waals surface area contributed by atoms with Crippen LogP contribution in [0.3, 0.4) is 0 Å². The summed E-state index contributed by atoms with van der Waals surface area (Å²) in [6.07, 6.45) is 1.41. The number of hydrogen-bond acceptors (Lipinski definition) is 3. The third kappa shape index (κ3) is 1.52. The van der Waals surface area contributed by atoms with Gasteiger partial charge in [0.15, 0.2) is 0 Å². The summed E-state index contributed by atoms with van der Waals surface area (Å²) in [4.78, 5) is 3.79. The average Bonchev–Trinajstić information content (AvgIpc) is 2.55. The van der Waals surface area contributed by atoms with Gasteiger partial charge < -0.3 is 10.8 Å². The van der Waals surface area contributed by atoms with Gasteiger partial charge in [0.2, 0.25) is 0 Å². The van der Waals surface area contributed by atoms with Crippen molar-refractivity contribution in [3.63, 3.8) is 0 Å². The third-order valence-electron chi connectivity index (χ3n) is 2.18. The topological polar surface area (TPSA) is 64.1 Å². The number of alkyl halides is 2. The number of aliphatic hydroxyl groups excluding tert-OH is 1. The summed E-state index contributed by atoms with van der Waals surface area (Å²) in [5.74, 6) is 0.173. The van der Waals surface area contributed by atoms with Crippen molar-refractivity contribution in [3.05, 3.63) is 24.0 Å². The Morgan fingerprint density at radius 3 is 2.80 bits per heavy atom. The Labute approximate surface area is 83.9 Å². The van der Waals surface area contributed by atoms with Crippen LogP contribution in [0.4, 0.5) is 14.6 Å². The molecule has 2 aromatic heterocycles. The van der Waals surface area contributed by atoms with Crippen LogP contribution in [0.15, 0.2) is 18.3 Å². The van der Waals surface area contributed by atoms with Gasteiger partial charge in [0.1, 0.15) is 5.82 Å². The molecule has 0 fully saturated rings. The van der Waals surface area contributed by atoms with Gasteiger partial charge in [0, 0.05) is 23.3 Å². The number of aromatic nitrogens is 2. The Morgan fingerprint density at radius 1 is 1.47 bits per heavy atom. The molecule has 2 aromatic rings. The fourth-order valence-electron chi connectivity index (χ4n) is 1.55. The molecule has 0 bridgehead atoms. The molecule has 0 aromatic carbocycles. The minimum Gasteiger partial charge on any atom is -0.390 e. The monoisotopic (exact) mass is 213 g/mol. The fourth-order valence-corrected chi connectivity index (χ4v) is 1.55. The van der Waals surface area contributed by atoms with E-state index in [0.717, 1.165) is 4.57 Å². The lowest BCUT2D eigenvalue weighted by Crippen LogP contribution is -2.03. The Bertz CT molecular complexity index is 495. The van der Waals surface area contributed by atoms with Crippen LogP contribution < -0.4 is 5.73 Å². The molecular formula is C9H9F2N3O. The quantitative estimate of drug-likeness (QED) is 0.794. The first kappa shape index (κ1) is 9.85. The normalized spacial score (nSPS) is 11.5. The summed E-state index contributed by atoms with van der Waals surface area (Å²) in [5.41, 5.74) is 5.84. The van der Waals surface area contributed by atoms with Crippen molar-refractivity contribution in [1.82, 2.24) is 9.55 Å². The van der Waals surface area contributed by atoms with E-state index in [1.807, 2.05) is 0 Å². The molecule has 4 nitrogen and oxygen atoms in total. The van der Waals surface area contributed by atoms with E-state index in [0.29, 0.717) is 5.39 Å². The lowest BCUT2D eigenvalue weighted by Gasteiger charge is -2.07. The van der Waals surface area contributed by atoms with Gasteiger partial charge in [-0.05, 0) is 6.07 Å². The maximum atomic E-state index is 12.7. The van der Waals surface area contributed by atoms with Crippen LogP contribution in [0.5, 0.6) is 0 Å². The van der Waals surface area contributed by atoms with Crippen LogP contribution >= 0.6 is 0 Å². The molecule has 0 aliphatic rings. The second-order valence-electron chi connectivity index (χ2n) is 3.11. The van der Waals surface area contributed by atoms with E-state index < -0.39 is 13.2 Å². The van der Waals surface area contributed by atoms with E-state index >= 15 is 0 Å². The number of nitrogen functional groups attached to an aromatic ring is 1. The maximum Gasteiger partial charge on any atom is 0.319 e. The molecule has 0 aliphatic carbocycles. The first-order valence-electron chi connectivity index (χ1n) is 4.28. The van der Waals surface area contributed by atoms with Crippen LogP contribution in [-0.2, 0) is 6.61 Å². The van der Waals surface area contributed by atoms with E-state index in [1.54, 1.807) is 0 Å². The smallest absolute Gasteiger partial charge is 0.319 e. The van der Waals surface area contributed by atoms with Gasteiger partial charge in [-0.15, -0.1) is 0 Å². The molecule has 0 spiro atoms. The standard InChI is InChI=1S/C9H9F2N3O/c10-9(11)14-6(4-15)1-5-3-13-8(12)2-7(5)14/h1-3,9,15H,4H2,(H2,12,13). The molecule has 0 saturated heterocycles. The number of anilines is 1. The molecule has 80 valence electrons. The molecule has 6 heteroatoms. The summed E-state index contributed by atoms with van der Waals surface area (Å²) in [7, 11) is 0. The molecule has 2 rings (SSSR count). The molecule has 0 saturated carbocycles. The highest BCUT2D eigenvalue weighted by Crippen LogP contribution is 2.26. The van der Waals surface area contributed by atoms with Crippen molar-refractivity contribution in [2.45, 2.75) is 13.2 Å². The maximum absolute atomic E-state index is 12.7. The number of aliphatic hydroxyl groups is 1. The van der Waals surface area contributed by atoms with Crippen LogP contribution in [-0.4, -0.2) is 14.7 Å². The molecular weight excluding hydrogens is 204 g/mol. The van der Waals surface area contributed by atoms with Gasteiger partial charge >= 0.3 is 6.55 Å². The predicted molar refractivity (Wildman–Crippen MR) is 51.3 cm³/mol. The molecule has 0 amide bonds. The Morgan fingerprint density at radius 2 is 2.20 bits per heavy atom. The highest BCUT2D eigenvalue weighted by molar-refractivity contribution is 5.82. The Balaban J connectivity index is 2.76.